The molecule has 3 amide bonds. The van der Waals surface area contributed by atoms with Crippen LogP contribution in [0, 0.1) is 0 Å². The predicted octanol–water partition coefficient (Wildman–Crippen LogP) is 3.54. The molecule has 4 rings (SSSR count). The lowest BCUT2D eigenvalue weighted by Crippen LogP contribution is -2.59. The van der Waals surface area contributed by atoms with Gasteiger partial charge in [0.2, 0.25) is 5.91 Å². The molecule has 41 heavy (non-hydrogen) atoms. The second kappa shape index (κ2) is 12.1. The lowest BCUT2D eigenvalue weighted by molar-refractivity contribution is -0.137. The lowest BCUT2D eigenvalue weighted by atomic mass is 9.96. The van der Waals surface area contributed by atoms with E-state index in [1.165, 1.54) is 56.0 Å². The molecule has 0 spiro atoms. The third kappa shape index (κ3) is 7.19. The summed E-state index contributed by atoms with van der Waals surface area (Å²) < 4.78 is 50.7. The van der Waals surface area contributed by atoms with Gasteiger partial charge >= 0.3 is 12.3 Å². The van der Waals surface area contributed by atoms with Crippen LogP contribution in [0.3, 0.4) is 0 Å². The van der Waals surface area contributed by atoms with E-state index in [4.69, 9.17) is 14.6 Å². The number of benzene rings is 1. The van der Waals surface area contributed by atoms with Crippen LogP contribution in [0.5, 0.6) is 5.75 Å². The van der Waals surface area contributed by atoms with Crippen molar-refractivity contribution in [3.05, 3.63) is 71.8 Å². The van der Waals surface area contributed by atoms with Crippen molar-refractivity contribution in [2.45, 2.75) is 24.7 Å². The number of hydrogen-bond acceptors (Lipinski definition) is 8. The van der Waals surface area contributed by atoms with Crippen molar-refractivity contribution < 1.29 is 42.1 Å². The summed E-state index contributed by atoms with van der Waals surface area (Å²) in [4.78, 5) is 44.9. The molecule has 1 aromatic carbocycles. The minimum absolute atomic E-state index is 0.0330. The molecule has 0 aliphatic carbocycles. The number of amides is 3. The van der Waals surface area contributed by atoms with Gasteiger partial charge in [-0.3, -0.25) is 24.9 Å². The largest absolute Gasteiger partial charge is 0.497 e. The zero-order valence-electron chi connectivity index (χ0n) is 21.5. The Bertz CT molecular complexity index is 1430. The monoisotopic (exact) mass is 574 g/mol. The molecule has 12 nitrogen and oxygen atoms in total. The number of rotatable bonds is 9. The van der Waals surface area contributed by atoms with Crippen molar-refractivity contribution >= 4 is 35.0 Å². The van der Waals surface area contributed by atoms with Gasteiger partial charge in [0.1, 0.15) is 11.3 Å². The van der Waals surface area contributed by atoms with Crippen LogP contribution in [0.25, 0.3) is 0 Å². The van der Waals surface area contributed by atoms with Crippen molar-refractivity contribution in [1.82, 2.24) is 20.6 Å². The van der Waals surface area contributed by atoms with Gasteiger partial charge in [-0.05, 0) is 36.4 Å². The Kier molecular flexibility index (Phi) is 8.56. The Balaban J connectivity index is 1.40. The first-order valence-electron chi connectivity index (χ1n) is 12.1. The third-order valence-corrected chi connectivity index (χ3v) is 6.13. The summed E-state index contributed by atoms with van der Waals surface area (Å²) in [5.74, 6) is -1.13. The Morgan fingerprint density at radius 1 is 1.10 bits per heavy atom. The summed E-state index contributed by atoms with van der Waals surface area (Å²) in [6.07, 6.45) is -1.97. The molecule has 0 radical (unpaired) electrons. The minimum Gasteiger partial charge on any atom is -0.497 e. The maximum atomic E-state index is 13.5. The average Bonchev–Trinajstić information content (AvgIpc) is 3.41. The van der Waals surface area contributed by atoms with Crippen LogP contribution in [0.2, 0.25) is 0 Å². The topological polar surface area (TPSA) is 164 Å². The molecule has 2 aromatic heterocycles. The highest BCUT2D eigenvalue weighted by Crippen LogP contribution is 2.38. The van der Waals surface area contributed by atoms with Gasteiger partial charge in [-0.15, -0.1) is 0 Å². The van der Waals surface area contributed by atoms with Gasteiger partial charge < -0.3 is 30.5 Å². The fraction of sp³-hybridized carbons (Fsp3) is 0.269. The summed E-state index contributed by atoms with van der Waals surface area (Å²) in [6.45, 7) is 0.0911. The SMILES string of the molecule is COc1ccc(Nc2ccc(CNC(=O)[C@]3(NC(=O)c4cncc(NC(=O)O)c4)CCOC3)nc2)c(C(F)(F)F)c1. The maximum Gasteiger partial charge on any atom is 0.418 e. The number of carboxylic acid groups (broad SMARTS) is 1. The van der Waals surface area contributed by atoms with Gasteiger partial charge in [-0.25, -0.2) is 4.79 Å². The molecule has 1 atom stereocenters. The molecular weight excluding hydrogens is 549 g/mol. The predicted molar refractivity (Wildman–Crippen MR) is 139 cm³/mol. The number of methoxy groups -OCH3 is 1. The summed E-state index contributed by atoms with van der Waals surface area (Å²) in [5, 5.41) is 19.0. The molecule has 1 aliphatic heterocycles. The molecule has 3 aromatic rings. The Morgan fingerprint density at radius 2 is 1.90 bits per heavy atom. The smallest absolute Gasteiger partial charge is 0.418 e. The molecule has 1 fully saturated rings. The van der Waals surface area contributed by atoms with Crippen LogP contribution in [0.4, 0.5) is 35.0 Å². The van der Waals surface area contributed by atoms with Crippen LogP contribution in [0.15, 0.2) is 55.0 Å². The van der Waals surface area contributed by atoms with E-state index in [0.717, 1.165) is 6.07 Å². The van der Waals surface area contributed by atoms with Gasteiger partial charge in [0.25, 0.3) is 5.91 Å². The number of nitrogens with zero attached hydrogens (tertiary/aromatic N) is 2. The maximum absolute atomic E-state index is 13.5. The van der Waals surface area contributed by atoms with E-state index in [2.05, 4.69) is 31.2 Å². The molecule has 5 N–H and O–H groups in total. The highest BCUT2D eigenvalue weighted by Gasteiger charge is 2.44. The molecule has 0 unspecified atom stereocenters. The van der Waals surface area contributed by atoms with Gasteiger partial charge in [-0.1, -0.05) is 0 Å². The lowest BCUT2D eigenvalue weighted by Gasteiger charge is -2.27. The van der Waals surface area contributed by atoms with Crippen molar-refractivity contribution in [1.29, 1.82) is 0 Å². The van der Waals surface area contributed by atoms with Crippen LogP contribution in [-0.2, 0) is 22.3 Å². The average molecular weight is 575 g/mol. The summed E-state index contributed by atoms with van der Waals surface area (Å²) >= 11 is 0. The standard InChI is InChI=1S/C26H25F3N6O6/c1-40-19-4-5-21(20(9-19)26(27,28)29)33-17-3-2-16(31-13-17)12-32-23(37)25(6-7-41-14-25)35-22(36)15-8-18(11-30-10-15)34-24(38)39/h2-5,8-11,13,33-34H,6-7,12,14H2,1H3,(H,32,37)(H,35,36)(H,38,39)/t25-/m0/s1. The number of anilines is 3. The normalized spacial score (nSPS) is 16.5. The number of carbonyl (C=O) groups is 3. The minimum atomic E-state index is -4.61. The molecule has 1 aliphatic rings. The van der Waals surface area contributed by atoms with E-state index in [9.17, 15) is 27.6 Å². The molecule has 0 bridgehead atoms. The second-order valence-electron chi connectivity index (χ2n) is 8.99. The first-order chi connectivity index (χ1) is 19.5. The number of alkyl halides is 3. The number of aromatic nitrogens is 2. The van der Waals surface area contributed by atoms with Crippen LogP contribution < -0.4 is 26.0 Å². The van der Waals surface area contributed by atoms with E-state index >= 15 is 0 Å². The van der Waals surface area contributed by atoms with Crippen molar-refractivity contribution in [3.8, 4) is 5.75 Å². The van der Waals surface area contributed by atoms with Crippen LogP contribution in [0.1, 0.15) is 28.0 Å². The van der Waals surface area contributed by atoms with Gasteiger partial charge in [0, 0.05) is 19.2 Å². The van der Waals surface area contributed by atoms with Crippen molar-refractivity contribution in [2.75, 3.05) is 31.0 Å². The highest BCUT2D eigenvalue weighted by atomic mass is 19.4. The summed E-state index contributed by atoms with van der Waals surface area (Å²) in [7, 11) is 1.28. The molecule has 15 heteroatoms. The molecule has 1 saturated heterocycles. The van der Waals surface area contributed by atoms with E-state index in [0.29, 0.717) is 5.69 Å². The van der Waals surface area contributed by atoms with Crippen molar-refractivity contribution in [3.63, 3.8) is 0 Å². The Hall–Kier alpha value is -4.92. The van der Waals surface area contributed by atoms with Crippen LogP contribution >= 0.6 is 0 Å². The van der Waals surface area contributed by atoms with Gasteiger partial charge in [0.05, 0.1) is 66.5 Å². The molecule has 3 heterocycles. The fourth-order valence-electron chi connectivity index (χ4n) is 4.04. The van der Waals surface area contributed by atoms with Crippen LogP contribution in [-0.4, -0.2) is 58.8 Å². The third-order valence-electron chi connectivity index (χ3n) is 6.13. The first-order valence-corrected chi connectivity index (χ1v) is 12.1. The Labute approximate surface area is 231 Å². The van der Waals surface area contributed by atoms with Crippen molar-refractivity contribution in [2.24, 2.45) is 0 Å². The highest BCUT2D eigenvalue weighted by molar-refractivity contribution is 6.00. The number of nitrogens with one attached hydrogen (secondary N) is 4. The number of halogens is 3. The van der Waals surface area contributed by atoms with Gasteiger partial charge in [-0.2, -0.15) is 13.2 Å². The number of hydrogen-bond donors (Lipinski definition) is 5. The molecule has 216 valence electrons. The quantitative estimate of drug-likeness (QED) is 0.257. The summed E-state index contributed by atoms with van der Waals surface area (Å²) in [5.41, 5.74) is -1.66. The number of carbonyl (C=O) groups excluding carboxylic acids is 2. The van der Waals surface area contributed by atoms with E-state index < -0.39 is 35.2 Å². The van der Waals surface area contributed by atoms with Gasteiger partial charge in [0.15, 0.2) is 0 Å². The fourth-order valence-corrected chi connectivity index (χ4v) is 4.04. The van der Waals surface area contributed by atoms with E-state index in [-0.39, 0.29) is 54.6 Å². The molecule has 0 saturated carbocycles. The number of ether oxygens (including phenoxy) is 2. The first kappa shape index (κ1) is 29.1. The zero-order valence-corrected chi connectivity index (χ0v) is 21.5. The van der Waals surface area contributed by atoms with E-state index in [1.807, 2.05) is 0 Å². The second-order valence-corrected chi connectivity index (χ2v) is 8.99. The summed E-state index contributed by atoms with van der Waals surface area (Å²) in [6, 6.07) is 7.86. The molecular formula is C26H25F3N6O6. The zero-order chi connectivity index (χ0) is 29.6. The van der Waals surface area contributed by atoms with E-state index in [1.54, 1.807) is 0 Å². The number of pyridine rings is 2. The Morgan fingerprint density at radius 3 is 2.54 bits per heavy atom.